The number of aromatic nitrogens is 4. The number of carbonyl (C=O) groups excluding carboxylic acids is 1. The molecule has 2 N–H and O–H groups in total. The number of hydrogen-bond acceptors (Lipinski definition) is 6. The van der Waals surface area contributed by atoms with Crippen LogP contribution in [0.25, 0.3) is 22.2 Å². The lowest BCUT2D eigenvalue weighted by Crippen LogP contribution is -2.00. The van der Waals surface area contributed by atoms with Gasteiger partial charge in [0.05, 0.1) is 11.9 Å². The summed E-state index contributed by atoms with van der Waals surface area (Å²) in [6, 6.07) is 3.88. The van der Waals surface area contributed by atoms with Gasteiger partial charge in [-0.3, -0.25) is 9.78 Å². The summed E-state index contributed by atoms with van der Waals surface area (Å²) in [5.74, 6) is 0.534. The smallest absolute Gasteiger partial charge is 0.224 e. The third-order valence-electron chi connectivity index (χ3n) is 3.59. The summed E-state index contributed by atoms with van der Waals surface area (Å²) in [7, 11) is 1.77. The van der Waals surface area contributed by atoms with E-state index in [1.165, 1.54) is 0 Å². The van der Waals surface area contributed by atoms with Crippen molar-refractivity contribution in [3.63, 3.8) is 0 Å². The monoisotopic (exact) mass is 308 g/mol. The quantitative estimate of drug-likeness (QED) is 0.719. The van der Waals surface area contributed by atoms with Crippen LogP contribution in [0.4, 0.5) is 11.6 Å². The van der Waals surface area contributed by atoms with E-state index in [-0.39, 0.29) is 0 Å². The summed E-state index contributed by atoms with van der Waals surface area (Å²) >= 11 is 0. The molecular formula is C16H16N6O. The Hall–Kier alpha value is -3.09. The second kappa shape index (κ2) is 5.96. The minimum atomic E-state index is 0.534. The van der Waals surface area contributed by atoms with Gasteiger partial charge in [-0.15, -0.1) is 0 Å². The maximum absolute atomic E-state index is 10.6. The van der Waals surface area contributed by atoms with Crippen molar-refractivity contribution >= 4 is 29.1 Å². The topological polar surface area (TPSA) is 92.7 Å². The molecule has 116 valence electrons. The molecule has 3 heterocycles. The van der Waals surface area contributed by atoms with E-state index in [2.05, 4.69) is 30.6 Å². The molecule has 0 aliphatic carbocycles. The molecule has 0 unspecified atom stereocenters. The molecule has 0 saturated heterocycles. The van der Waals surface area contributed by atoms with Gasteiger partial charge >= 0.3 is 0 Å². The first-order valence-electron chi connectivity index (χ1n) is 7.11. The van der Waals surface area contributed by atoms with Crippen molar-refractivity contribution < 1.29 is 4.79 Å². The Balaban J connectivity index is 2.18. The first kappa shape index (κ1) is 14.8. The highest BCUT2D eigenvalue weighted by Crippen LogP contribution is 2.29. The molecule has 3 aromatic rings. The van der Waals surface area contributed by atoms with Gasteiger partial charge in [0.2, 0.25) is 12.4 Å². The van der Waals surface area contributed by atoms with E-state index in [0.717, 1.165) is 27.9 Å². The maximum atomic E-state index is 10.6. The molecule has 0 aliphatic heterocycles. The Morgan fingerprint density at radius 2 is 1.78 bits per heavy atom. The first-order chi connectivity index (χ1) is 11.1. The average Bonchev–Trinajstić information content (AvgIpc) is 2.56. The molecule has 0 aliphatic rings. The SMILES string of the molecule is CNc1ncc2cc(-c3cc(NC=O)cnc3C)c(C)nc2n1. The van der Waals surface area contributed by atoms with Crippen molar-refractivity contribution in [3.05, 3.63) is 35.9 Å². The maximum Gasteiger partial charge on any atom is 0.224 e. The van der Waals surface area contributed by atoms with Crippen LogP contribution in [0.15, 0.2) is 24.5 Å². The number of anilines is 2. The van der Waals surface area contributed by atoms with Gasteiger partial charge < -0.3 is 10.6 Å². The molecule has 0 radical (unpaired) electrons. The van der Waals surface area contributed by atoms with Gasteiger partial charge in [0.15, 0.2) is 5.65 Å². The lowest BCUT2D eigenvalue weighted by molar-refractivity contribution is -0.105. The van der Waals surface area contributed by atoms with Crippen LogP contribution in [0.1, 0.15) is 11.4 Å². The predicted octanol–water partition coefficient (Wildman–Crippen LogP) is 2.31. The molecule has 1 amide bonds. The highest BCUT2D eigenvalue weighted by atomic mass is 16.1. The summed E-state index contributed by atoms with van der Waals surface area (Å²) in [5, 5.41) is 6.37. The van der Waals surface area contributed by atoms with Gasteiger partial charge in [0, 0.05) is 41.1 Å². The van der Waals surface area contributed by atoms with Crippen molar-refractivity contribution in [2.45, 2.75) is 13.8 Å². The van der Waals surface area contributed by atoms with Crippen LogP contribution >= 0.6 is 0 Å². The van der Waals surface area contributed by atoms with Gasteiger partial charge in [-0.1, -0.05) is 0 Å². The highest BCUT2D eigenvalue weighted by Gasteiger charge is 2.11. The zero-order chi connectivity index (χ0) is 16.4. The lowest BCUT2D eigenvalue weighted by Gasteiger charge is -2.11. The van der Waals surface area contributed by atoms with Crippen LogP contribution in [0.5, 0.6) is 0 Å². The molecule has 7 nitrogen and oxygen atoms in total. The molecule has 3 rings (SSSR count). The third kappa shape index (κ3) is 2.80. The minimum Gasteiger partial charge on any atom is -0.357 e. The number of pyridine rings is 2. The van der Waals surface area contributed by atoms with Crippen LogP contribution in [0.2, 0.25) is 0 Å². The van der Waals surface area contributed by atoms with E-state index in [1.807, 2.05) is 26.0 Å². The van der Waals surface area contributed by atoms with Gasteiger partial charge in [-0.25, -0.2) is 9.97 Å². The Bertz CT molecular complexity index is 893. The molecule has 23 heavy (non-hydrogen) atoms. The lowest BCUT2D eigenvalue weighted by atomic mass is 10.0. The van der Waals surface area contributed by atoms with E-state index in [0.29, 0.717) is 23.7 Å². The van der Waals surface area contributed by atoms with E-state index in [9.17, 15) is 4.79 Å². The fraction of sp³-hybridized carbons (Fsp3) is 0.188. The van der Waals surface area contributed by atoms with Gasteiger partial charge in [0.25, 0.3) is 0 Å². The predicted molar refractivity (Wildman–Crippen MR) is 89.3 cm³/mol. The van der Waals surface area contributed by atoms with Crippen LogP contribution in [-0.2, 0) is 4.79 Å². The molecule has 7 heteroatoms. The van der Waals surface area contributed by atoms with Crippen molar-refractivity contribution in [2.24, 2.45) is 0 Å². The largest absolute Gasteiger partial charge is 0.357 e. The molecular weight excluding hydrogens is 292 g/mol. The standard InChI is InChI=1S/C16H16N6O/c1-9-14(5-12(7-18-9)20-8-23)13-4-11-6-19-16(17-3)22-15(11)21-10(13)2/h4-8H,1-3H3,(H,20,23)(H,17,19,21,22). The van der Waals surface area contributed by atoms with Crippen LogP contribution in [0, 0.1) is 13.8 Å². The minimum absolute atomic E-state index is 0.534. The van der Waals surface area contributed by atoms with Crippen molar-refractivity contribution in [2.75, 3.05) is 17.7 Å². The fourth-order valence-corrected chi connectivity index (χ4v) is 2.40. The highest BCUT2D eigenvalue weighted by molar-refractivity contribution is 5.84. The number of fused-ring (bicyclic) bond motifs is 1. The van der Waals surface area contributed by atoms with E-state index in [1.54, 1.807) is 19.4 Å². The molecule has 0 saturated carbocycles. The van der Waals surface area contributed by atoms with Crippen LogP contribution in [0.3, 0.4) is 0 Å². The van der Waals surface area contributed by atoms with Crippen LogP contribution < -0.4 is 10.6 Å². The molecule has 3 aromatic heterocycles. The van der Waals surface area contributed by atoms with E-state index >= 15 is 0 Å². The van der Waals surface area contributed by atoms with Crippen molar-refractivity contribution in [1.82, 2.24) is 19.9 Å². The summed E-state index contributed by atoms with van der Waals surface area (Å²) in [5.41, 5.74) is 4.84. The Kier molecular flexibility index (Phi) is 3.84. The summed E-state index contributed by atoms with van der Waals surface area (Å²) in [6.07, 6.45) is 3.99. The average molecular weight is 308 g/mol. The number of hydrogen-bond donors (Lipinski definition) is 2. The Morgan fingerprint density at radius 3 is 2.52 bits per heavy atom. The second-order valence-corrected chi connectivity index (χ2v) is 5.10. The van der Waals surface area contributed by atoms with Crippen LogP contribution in [-0.4, -0.2) is 33.4 Å². The van der Waals surface area contributed by atoms with E-state index < -0.39 is 0 Å². The zero-order valence-electron chi connectivity index (χ0n) is 13.1. The van der Waals surface area contributed by atoms with Crippen molar-refractivity contribution in [3.8, 4) is 11.1 Å². The summed E-state index contributed by atoms with van der Waals surface area (Å²) in [4.78, 5) is 28.1. The second-order valence-electron chi connectivity index (χ2n) is 5.10. The number of nitrogens with one attached hydrogen (secondary N) is 2. The molecule has 0 atom stereocenters. The number of aryl methyl sites for hydroxylation is 2. The van der Waals surface area contributed by atoms with Crippen molar-refractivity contribution in [1.29, 1.82) is 0 Å². The number of nitrogens with zero attached hydrogens (tertiary/aromatic N) is 4. The number of carbonyl (C=O) groups is 1. The number of rotatable bonds is 4. The van der Waals surface area contributed by atoms with Gasteiger partial charge in [-0.2, -0.15) is 4.98 Å². The summed E-state index contributed by atoms with van der Waals surface area (Å²) < 4.78 is 0. The Morgan fingerprint density at radius 1 is 1.00 bits per heavy atom. The van der Waals surface area contributed by atoms with E-state index in [4.69, 9.17) is 0 Å². The fourth-order valence-electron chi connectivity index (χ4n) is 2.40. The molecule has 0 aromatic carbocycles. The first-order valence-corrected chi connectivity index (χ1v) is 7.11. The molecule has 0 spiro atoms. The normalized spacial score (nSPS) is 10.6. The molecule has 0 bridgehead atoms. The Labute approximate surface area is 133 Å². The number of amides is 1. The molecule has 0 fully saturated rings. The van der Waals surface area contributed by atoms with Gasteiger partial charge in [-0.05, 0) is 26.0 Å². The summed E-state index contributed by atoms with van der Waals surface area (Å²) in [6.45, 7) is 3.85. The third-order valence-corrected chi connectivity index (χ3v) is 3.59. The van der Waals surface area contributed by atoms with Gasteiger partial charge in [0.1, 0.15) is 0 Å². The zero-order valence-corrected chi connectivity index (χ0v) is 13.1.